The summed E-state index contributed by atoms with van der Waals surface area (Å²) in [5.41, 5.74) is 4.02. The van der Waals surface area contributed by atoms with Crippen molar-refractivity contribution >= 4 is 6.21 Å². The molecule has 3 heteroatoms. The molecule has 0 saturated heterocycles. The molecule has 0 saturated carbocycles. The first-order chi connectivity index (χ1) is 7.53. The smallest absolute Gasteiger partial charge is 0.128 e. The van der Waals surface area contributed by atoms with Crippen LogP contribution in [0.4, 0.5) is 0 Å². The van der Waals surface area contributed by atoms with Gasteiger partial charge in [0.05, 0.1) is 12.8 Å². The van der Waals surface area contributed by atoms with E-state index in [0.717, 1.165) is 11.3 Å². The van der Waals surface area contributed by atoms with Gasteiger partial charge >= 0.3 is 0 Å². The van der Waals surface area contributed by atoms with E-state index in [0.29, 0.717) is 6.61 Å². The summed E-state index contributed by atoms with van der Waals surface area (Å²) >= 11 is 0. The molecule has 1 aromatic rings. The number of hydrogen-bond donors (Lipinski definition) is 1. The standard InChI is InChI=1S/C13H20N2O/c1-5-16-12-9-7-6-8-11(12)10-14-15-13(2,3)4/h6-10,15H,5H2,1-4H3/b14-10+. The van der Waals surface area contributed by atoms with Gasteiger partial charge in [-0.3, -0.25) is 0 Å². The molecule has 3 nitrogen and oxygen atoms in total. The number of para-hydroxylation sites is 1. The molecular weight excluding hydrogens is 200 g/mol. The van der Waals surface area contributed by atoms with Crippen molar-refractivity contribution in [1.29, 1.82) is 0 Å². The predicted octanol–water partition coefficient (Wildman–Crippen LogP) is 2.81. The zero-order chi connectivity index (χ0) is 12.0. The zero-order valence-electron chi connectivity index (χ0n) is 10.4. The van der Waals surface area contributed by atoms with Crippen LogP contribution in [0.1, 0.15) is 33.3 Å². The summed E-state index contributed by atoms with van der Waals surface area (Å²) in [7, 11) is 0. The molecule has 0 bridgehead atoms. The second kappa shape index (κ2) is 5.54. The van der Waals surface area contributed by atoms with E-state index in [2.05, 4.69) is 31.3 Å². The van der Waals surface area contributed by atoms with Crippen molar-refractivity contribution in [3.8, 4) is 5.75 Å². The molecule has 0 heterocycles. The third-order valence-electron chi connectivity index (χ3n) is 1.82. The van der Waals surface area contributed by atoms with Crippen molar-refractivity contribution in [2.45, 2.75) is 33.2 Å². The number of hydrazone groups is 1. The Morgan fingerprint density at radius 3 is 2.62 bits per heavy atom. The molecule has 0 fully saturated rings. The minimum atomic E-state index is -0.0168. The van der Waals surface area contributed by atoms with E-state index in [1.807, 2.05) is 31.2 Å². The first-order valence-corrected chi connectivity index (χ1v) is 5.55. The minimum Gasteiger partial charge on any atom is -0.493 e. The average molecular weight is 220 g/mol. The minimum absolute atomic E-state index is 0.0168. The van der Waals surface area contributed by atoms with Gasteiger partial charge in [0.1, 0.15) is 5.75 Å². The highest BCUT2D eigenvalue weighted by molar-refractivity contribution is 5.83. The Bertz CT molecular complexity index is 353. The fourth-order valence-electron chi connectivity index (χ4n) is 1.17. The number of hydrogen-bond acceptors (Lipinski definition) is 3. The predicted molar refractivity (Wildman–Crippen MR) is 68.1 cm³/mol. The Morgan fingerprint density at radius 2 is 2.00 bits per heavy atom. The van der Waals surface area contributed by atoms with Crippen LogP contribution in [0.5, 0.6) is 5.75 Å². The first kappa shape index (κ1) is 12.6. The topological polar surface area (TPSA) is 33.6 Å². The van der Waals surface area contributed by atoms with Gasteiger partial charge < -0.3 is 10.2 Å². The average Bonchev–Trinajstić information content (AvgIpc) is 2.19. The van der Waals surface area contributed by atoms with Crippen LogP contribution >= 0.6 is 0 Å². The lowest BCUT2D eigenvalue weighted by molar-refractivity contribution is 0.339. The number of nitrogens with zero attached hydrogens (tertiary/aromatic N) is 1. The lowest BCUT2D eigenvalue weighted by Crippen LogP contribution is -2.31. The van der Waals surface area contributed by atoms with Crippen LogP contribution in [-0.4, -0.2) is 18.4 Å². The van der Waals surface area contributed by atoms with Crippen molar-refractivity contribution in [3.05, 3.63) is 29.8 Å². The summed E-state index contributed by atoms with van der Waals surface area (Å²) in [5.74, 6) is 0.865. The molecule has 1 rings (SSSR count). The third-order valence-corrected chi connectivity index (χ3v) is 1.82. The number of benzene rings is 1. The molecule has 16 heavy (non-hydrogen) atoms. The Morgan fingerprint density at radius 1 is 1.31 bits per heavy atom. The molecule has 0 atom stereocenters. The van der Waals surface area contributed by atoms with Crippen LogP contribution in [0, 0.1) is 0 Å². The van der Waals surface area contributed by atoms with Crippen LogP contribution < -0.4 is 10.2 Å². The lowest BCUT2D eigenvalue weighted by atomic mass is 10.1. The quantitative estimate of drug-likeness (QED) is 0.625. The van der Waals surface area contributed by atoms with E-state index in [1.165, 1.54) is 0 Å². The molecule has 0 spiro atoms. The normalized spacial score (nSPS) is 11.8. The highest BCUT2D eigenvalue weighted by Gasteiger charge is 2.06. The molecule has 0 aromatic heterocycles. The lowest BCUT2D eigenvalue weighted by Gasteiger charge is -2.17. The highest BCUT2D eigenvalue weighted by Crippen LogP contribution is 2.15. The molecule has 0 aliphatic rings. The van der Waals surface area contributed by atoms with Gasteiger partial charge in [0.2, 0.25) is 0 Å². The summed E-state index contributed by atoms with van der Waals surface area (Å²) in [6.45, 7) is 8.84. The van der Waals surface area contributed by atoms with Crippen LogP contribution in [0.25, 0.3) is 0 Å². The summed E-state index contributed by atoms with van der Waals surface area (Å²) < 4.78 is 5.50. The van der Waals surface area contributed by atoms with E-state index in [4.69, 9.17) is 4.74 Å². The van der Waals surface area contributed by atoms with Crippen molar-refractivity contribution in [2.75, 3.05) is 6.61 Å². The van der Waals surface area contributed by atoms with Gasteiger partial charge in [-0.15, -0.1) is 0 Å². The van der Waals surface area contributed by atoms with E-state index >= 15 is 0 Å². The summed E-state index contributed by atoms with van der Waals surface area (Å²) in [6, 6.07) is 7.86. The van der Waals surface area contributed by atoms with Gasteiger partial charge in [-0.2, -0.15) is 5.10 Å². The van der Waals surface area contributed by atoms with Gasteiger partial charge in [0.15, 0.2) is 0 Å². The molecule has 0 aliphatic carbocycles. The third kappa shape index (κ3) is 4.34. The SMILES string of the molecule is CCOc1ccccc1/C=N/NC(C)(C)C. The van der Waals surface area contributed by atoms with Crippen molar-refractivity contribution in [3.63, 3.8) is 0 Å². The molecule has 0 amide bonds. The monoisotopic (exact) mass is 220 g/mol. The second-order valence-electron chi connectivity index (χ2n) is 4.59. The molecular formula is C13H20N2O. The highest BCUT2D eigenvalue weighted by atomic mass is 16.5. The second-order valence-corrected chi connectivity index (χ2v) is 4.59. The largest absolute Gasteiger partial charge is 0.493 e. The molecule has 88 valence electrons. The maximum Gasteiger partial charge on any atom is 0.128 e. The van der Waals surface area contributed by atoms with E-state index in [9.17, 15) is 0 Å². The Hall–Kier alpha value is -1.51. The molecule has 1 aromatic carbocycles. The van der Waals surface area contributed by atoms with Crippen LogP contribution in [0.2, 0.25) is 0 Å². The Kier molecular flexibility index (Phi) is 4.35. The van der Waals surface area contributed by atoms with Crippen molar-refractivity contribution < 1.29 is 4.74 Å². The molecule has 0 radical (unpaired) electrons. The van der Waals surface area contributed by atoms with Gasteiger partial charge in [0, 0.05) is 11.1 Å². The summed E-state index contributed by atoms with van der Waals surface area (Å²) in [5, 5.41) is 4.20. The molecule has 1 N–H and O–H groups in total. The Labute approximate surface area is 97.5 Å². The van der Waals surface area contributed by atoms with Crippen molar-refractivity contribution in [2.24, 2.45) is 5.10 Å². The summed E-state index contributed by atoms with van der Waals surface area (Å²) in [4.78, 5) is 0. The van der Waals surface area contributed by atoms with Crippen molar-refractivity contribution in [1.82, 2.24) is 5.43 Å². The fraction of sp³-hybridized carbons (Fsp3) is 0.462. The van der Waals surface area contributed by atoms with Gasteiger partial charge in [-0.05, 0) is 39.8 Å². The first-order valence-electron chi connectivity index (χ1n) is 5.55. The molecule has 0 aliphatic heterocycles. The van der Waals surface area contributed by atoms with E-state index < -0.39 is 0 Å². The van der Waals surface area contributed by atoms with Crippen LogP contribution in [0.15, 0.2) is 29.4 Å². The number of ether oxygens (including phenoxy) is 1. The van der Waals surface area contributed by atoms with Crippen LogP contribution in [0.3, 0.4) is 0 Å². The van der Waals surface area contributed by atoms with Gasteiger partial charge in [-0.1, -0.05) is 12.1 Å². The number of rotatable bonds is 4. The Balaban J connectivity index is 2.72. The number of nitrogens with one attached hydrogen (secondary N) is 1. The van der Waals surface area contributed by atoms with E-state index in [-0.39, 0.29) is 5.54 Å². The fourth-order valence-corrected chi connectivity index (χ4v) is 1.17. The maximum absolute atomic E-state index is 5.50. The maximum atomic E-state index is 5.50. The summed E-state index contributed by atoms with van der Waals surface area (Å²) in [6.07, 6.45) is 1.79. The van der Waals surface area contributed by atoms with Crippen LogP contribution in [-0.2, 0) is 0 Å². The zero-order valence-corrected chi connectivity index (χ0v) is 10.4. The van der Waals surface area contributed by atoms with Gasteiger partial charge in [0.25, 0.3) is 0 Å². The van der Waals surface area contributed by atoms with Gasteiger partial charge in [-0.25, -0.2) is 0 Å². The molecule has 0 unspecified atom stereocenters. The van der Waals surface area contributed by atoms with E-state index in [1.54, 1.807) is 6.21 Å².